The zero-order valence-corrected chi connectivity index (χ0v) is 21.0. The highest BCUT2D eigenvalue weighted by molar-refractivity contribution is 5.95. The van der Waals surface area contributed by atoms with Gasteiger partial charge in [-0.05, 0) is 56.8 Å². The number of nitrogens with zero attached hydrogens (tertiary/aromatic N) is 2. The van der Waals surface area contributed by atoms with Gasteiger partial charge in [-0.2, -0.15) is 13.2 Å². The molecule has 1 aliphatic rings. The Kier molecular flexibility index (Phi) is 7.89. The molecular weight excluding hydrogens is 501 g/mol. The number of aromatic nitrogens is 1. The highest BCUT2D eigenvalue weighted by atomic mass is 19.4. The van der Waals surface area contributed by atoms with Gasteiger partial charge in [0, 0.05) is 24.0 Å². The van der Waals surface area contributed by atoms with E-state index in [9.17, 15) is 22.8 Å². The largest absolute Gasteiger partial charge is 0.489 e. The monoisotopic (exact) mass is 530 g/mol. The van der Waals surface area contributed by atoms with Gasteiger partial charge < -0.3 is 15.0 Å². The highest BCUT2D eigenvalue weighted by Crippen LogP contribution is 2.55. The van der Waals surface area contributed by atoms with Gasteiger partial charge in [-0.3, -0.25) is 14.8 Å². The molecule has 1 saturated carbocycles. The maximum atomic E-state index is 13.3. The van der Waals surface area contributed by atoms with Crippen LogP contribution in [-0.2, 0) is 28.8 Å². The van der Waals surface area contributed by atoms with Crippen molar-refractivity contribution in [2.75, 3.05) is 27.2 Å². The number of carbonyl (C=O) groups excluding carboxylic acids is 2. The minimum absolute atomic E-state index is 0.0948. The molecule has 1 fully saturated rings. The first-order chi connectivity index (χ1) is 18.0. The zero-order chi connectivity index (χ0) is 27.5. The smallest absolute Gasteiger partial charge is 0.433 e. The second-order valence-corrected chi connectivity index (χ2v) is 9.74. The molecule has 8 nitrogen and oxygen atoms in total. The van der Waals surface area contributed by atoms with Crippen LogP contribution >= 0.6 is 0 Å². The van der Waals surface area contributed by atoms with Crippen LogP contribution in [0.1, 0.15) is 23.2 Å². The van der Waals surface area contributed by atoms with Gasteiger partial charge in [-0.25, -0.2) is 10.5 Å². The van der Waals surface area contributed by atoms with Crippen LogP contribution in [0.4, 0.5) is 13.2 Å². The van der Waals surface area contributed by atoms with E-state index in [2.05, 4.69) is 10.3 Å². The van der Waals surface area contributed by atoms with E-state index in [4.69, 9.17) is 9.94 Å². The Bertz CT molecular complexity index is 1310. The van der Waals surface area contributed by atoms with Gasteiger partial charge in [0.1, 0.15) is 18.1 Å². The van der Waals surface area contributed by atoms with E-state index in [0.717, 1.165) is 11.6 Å². The summed E-state index contributed by atoms with van der Waals surface area (Å²) in [5.41, 5.74) is 1.06. The van der Waals surface area contributed by atoms with Crippen LogP contribution in [0.25, 0.3) is 10.9 Å². The van der Waals surface area contributed by atoms with Crippen molar-refractivity contribution in [3.63, 3.8) is 0 Å². The minimum atomic E-state index is -4.58. The van der Waals surface area contributed by atoms with Crippen molar-refractivity contribution >= 4 is 22.7 Å². The second-order valence-electron chi connectivity index (χ2n) is 9.74. The third kappa shape index (κ3) is 6.05. The Labute approximate surface area is 217 Å². The summed E-state index contributed by atoms with van der Waals surface area (Å²) in [6.07, 6.45) is -3.99. The van der Waals surface area contributed by atoms with Crippen LogP contribution in [0.5, 0.6) is 5.75 Å². The third-order valence-electron chi connectivity index (χ3n) is 6.73. The summed E-state index contributed by atoms with van der Waals surface area (Å²) < 4.78 is 45.8. The molecule has 202 valence electrons. The summed E-state index contributed by atoms with van der Waals surface area (Å²) in [7, 11) is 3.77. The van der Waals surface area contributed by atoms with Gasteiger partial charge in [0.2, 0.25) is 11.8 Å². The van der Waals surface area contributed by atoms with Crippen LogP contribution in [0.3, 0.4) is 0 Å². The number of ether oxygens (including phenoxy) is 1. The fraction of sp³-hybridized carbons (Fsp3) is 0.370. The van der Waals surface area contributed by atoms with Gasteiger partial charge in [-0.1, -0.05) is 30.3 Å². The normalized spacial score (nSPS) is 18.9. The molecule has 0 aliphatic heterocycles. The number of amides is 2. The number of pyridine rings is 1. The number of nitrogens with one attached hydrogen (secondary N) is 2. The molecule has 2 amide bonds. The lowest BCUT2D eigenvalue weighted by Crippen LogP contribution is -2.40. The van der Waals surface area contributed by atoms with Gasteiger partial charge >= 0.3 is 6.18 Å². The standard InChI is InChI=1S/C27H29F3N4O4/c1-34(2)12-11-31-25(36)26(15-21(26)24(35)33-37)14-17-7-9-19(10-8-17)38-16-18-13-23(27(28,29)30)32-22-6-4-3-5-20(18)22/h3-10,13,21,37H,11-12,14-16H2,1-2H3,(H,31,36)(H,33,35)/t21?,26-/m0/s1. The van der Waals surface area contributed by atoms with Crippen LogP contribution < -0.4 is 15.5 Å². The molecule has 1 aliphatic carbocycles. The SMILES string of the molecule is CN(C)CCNC(=O)[C@@]1(Cc2ccc(OCc3cc(C(F)(F)F)nc4ccccc34)cc2)CC1C(=O)NO. The molecule has 2 atom stereocenters. The first-order valence-corrected chi connectivity index (χ1v) is 12.1. The van der Waals surface area contributed by atoms with Crippen LogP contribution in [-0.4, -0.2) is 54.1 Å². The molecule has 2 aromatic carbocycles. The first kappa shape index (κ1) is 27.3. The molecule has 3 aromatic rings. The van der Waals surface area contributed by atoms with E-state index in [1.165, 1.54) is 6.07 Å². The molecule has 4 rings (SSSR count). The van der Waals surface area contributed by atoms with Gasteiger partial charge in [0.25, 0.3) is 0 Å². The van der Waals surface area contributed by atoms with Crippen LogP contribution in [0, 0.1) is 11.3 Å². The van der Waals surface area contributed by atoms with Crippen molar-refractivity contribution in [2.24, 2.45) is 11.3 Å². The number of alkyl halides is 3. The van der Waals surface area contributed by atoms with Crippen molar-refractivity contribution in [1.82, 2.24) is 20.7 Å². The Morgan fingerprint density at radius 3 is 2.53 bits per heavy atom. The van der Waals surface area contributed by atoms with Gasteiger partial charge in [0.05, 0.1) is 16.8 Å². The van der Waals surface area contributed by atoms with E-state index in [-0.39, 0.29) is 24.5 Å². The number of hydroxylamine groups is 1. The van der Waals surface area contributed by atoms with Crippen molar-refractivity contribution in [3.8, 4) is 5.75 Å². The molecule has 0 saturated heterocycles. The Hall–Kier alpha value is -3.70. The summed E-state index contributed by atoms with van der Waals surface area (Å²) >= 11 is 0. The number of halogens is 3. The van der Waals surface area contributed by atoms with Crippen molar-refractivity contribution in [1.29, 1.82) is 0 Å². The maximum Gasteiger partial charge on any atom is 0.433 e. The lowest BCUT2D eigenvalue weighted by molar-refractivity contribution is -0.141. The van der Waals surface area contributed by atoms with Crippen molar-refractivity contribution in [3.05, 3.63) is 71.4 Å². The zero-order valence-electron chi connectivity index (χ0n) is 21.0. The summed E-state index contributed by atoms with van der Waals surface area (Å²) in [5, 5.41) is 12.5. The van der Waals surface area contributed by atoms with E-state index >= 15 is 0 Å². The Balaban J connectivity index is 1.46. The predicted octanol–water partition coefficient (Wildman–Crippen LogP) is 3.56. The number of rotatable bonds is 10. The number of likely N-dealkylation sites (N-methyl/N-ethyl adjacent to an activating group) is 1. The highest BCUT2D eigenvalue weighted by Gasteiger charge is 2.63. The topological polar surface area (TPSA) is 104 Å². The quantitative estimate of drug-likeness (QED) is 0.274. The molecule has 1 heterocycles. The molecule has 11 heteroatoms. The molecular formula is C27H29F3N4O4. The molecule has 3 N–H and O–H groups in total. The maximum absolute atomic E-state index is 13.3. The lowest BCUT2D eigenvalue weighted by Gasteiger charge is -2.19. The minimum Gasteiger partial charge on any atom is -0.489 e. The second kappa shape index (κ2) is 11.0. The third-order valence-corrected chi connectivity index (χ3v) is 6.73. The van der Waals surface area contributed by atoms with Crippen LogP contribution in [0.2, 0.25) is 0 Å². The van der Waals surface area contributed by atoms with E-state index < -0.39 is 29.1 Å². The molecule has 0 radical (unpaired) electrons. The Morgan fingerprint density at radius 1 is 1.16 bits per heavy atom. The number of benzene rings is 2. The molecule has 1 aromatic heterocycles. The number of hydrogen-bond donors (Lipinski definition) is 3. The summed E-state index contributed by atoms with van der Waals surface area (Å²) in [5.74, 6) is -1.06. The predicted molar refractivity (Wildman–Crippen MR) is 133 cm³/mol. The lowest BCUT2D eigenvalue weighted by atomic mass is 9.92. The van der Waals surface area contributed by atoms with E-state index in [1.54, 1.807) is 47.9 Å². The molecule has 38 heavy (non-hydrogen) atoms. The number of para-hydroxylation sites is 1. The van der Waals surface area contributed by atoms with Gasteiger partial charge in [0.15, 0.2) is 0 Å². The Morgan fingerprint density at radius 2 is 1.87 bits per heavy atom. The van der Waals surface area contributed by atoms with Crippen molar-refractivity contribution in [2.45, 2.75) is 25.6 Å². The fourth-order valence-corrected chi connectivity index (χ4v) is 4.56. The first-order valence-electron chi connectivity index (χ1n) is 12.1. The van der Waals surface area contributed by atoms with E-state index in [1.807, 2.05) is 19.0 Å². The average molecular weight is 531 g/mol. The van der Waals surface area contributed by atoms with Crippen molar-refractivity contribution < 1.29 is 32.7 Å². The molecule has 1 unspecified atom stereocenters. The molecule has 0 bridgehead atoms. The average Bonchev–Trinajstić information content (AvgIpc) is 3.62. The number of fused-ring (bicyclic) bond motifs is 1. The molecule has 0 spiro atoms. The van der Waals surface area contributed by atoms with Crippen LogP contribution in [0.15, 0.2) is 54.6 Å². The summed E-state index contributed by atoms with van der Waals surface area (Å²) in [6, 6.07) is 14.4. The summed E-state index contributed by atoms with van der Waals surface area (Å²) in [6.45, 7) is 0.970. The number of hydrogen-bond acceptors (Lipinski definition) is 6. The fourth-order valence-electron chi connectivity index (χ4n) is 4.56. The van der Waals surface area contributed by atoms with E-state index in [0.29, 0.717) is 36.2 Å². The number of carbonyl (C=O) groups is 2. The summed E-state index contributed by atoms with van der Waals surface area (Å²) in [4.78, 5) is 30.7. The van der Waals surface area contributed by atoms with Gasteiger partial charge in [-0.15, -0.1) is 0 Å².